The zero-order valence-electron chi connectivity index (χ0n) is 9.43. The van der Waals surface area contributed by atoms with Crippen LogP contribution >= 0.6 is 0 Å². The molecule has 0 unspecified atom stereocenters. The van der Waals surface area contributed by atoms with Gasteiger partial charge >= 0.3 is 0 Å². The van der Waals surface area contributed by atoms with Crippen molar-refractivity contribution >= 4 is 22.9 Å². The number of nitrogens with zero attached hydrogens (tertiary/aromatic N) is 2. The second-order valence-electron chi connectivity index (χ2n) is 4.05. The van der Waals surface area contributed by atoms with E-state index in [0.717, 1.165) is 29.6 Å². The number of aromatic amines is 1. The molecule has 0 fully saturated rings. The molecule has 0 radical (unpaired) electrons. The van der Waals surface area contributed by atoms with Crippen molar-refractivity contribution in [1.82, 2.24) is 9.97 Å². The molecule has 0 aliphatic heterocycles. The number of nitrogens with one attached hydrogen (secondary N) is 1. The lowest BCUT2D eigenvalue weighted by Crippen LogP contribution is -1.85. The Kier molecular flexibility index (Phi) is 2.58. The maximum atomic E-state index is 4.47. The lowest BCUT2D eigenvalue weighted by molar-refractivity contribution is 1.03. The van der Waals surface area contributed by atoms with Crippen LogP contribution < -0.4 is 0 Å². The molecule has 3 heteroatoms. The number of imidazole rings is 1. The molecule has 3 rings (SSSR count). The highest BCUT2D eigenvalue weighted by molar-refractivity contribution is 5.86. The molecule has 1 heterocycles. The Labute approximate surface area is 99.6 Å². The molecule has 1 aliphatic carbocycles. The van der Waals surface area contributed by atoms with Crippen LogP contribution in [-0.4, -0.2) is 16.2 Å². The largest absolute Gasteiger partial charge is 0.345 e. The fourth-order valence-electron chi connectivity index (χ4n) is 1.88. The maximum Gasteiger partial charge on any atom is 0.0931 e. The fourth-order valence-corrected chi connectivity index (χ4v) is 1.88. The standard InChI is InChI=1S/C14H13N3/c1-2-4-11(5-3-1)9-15-12-6-7-13-14(8-12)17-10-16-13/h2,4-10H,1,3H2,(H,16,17). The normalized spacial score (nSPS) is 15.6. The molecule has 3 nitrogen and oxygen atoms in total. The zero-order valence-corrected chi connectivity index (χ0v) is 9.43. The van der Waals surface area contributed by atoms with Crippen LogP contribution in [0.2, 0.25) is 0 Å². The van der Waals surface area contributed by atoms with E-state index in [4.69, 9.17) is 0 Å². The SMILES string of the molecule is C1=CC(C=Nc2ccc3nc[nH]c3c2)=CCC1. The van der Waals surface area contributed by atoms with Crippen molar-refractivity contribution in [2.75, 3.05) is 0 Å². The summed E-state index contributed by atoms with van der Waals surface area (Å²) in [5, 5.41) is 0. The van der Waals surface area contributed by atoms with Gasteiger partial charge in [0.25, 0.3) is 0 Å². The first kappa shape index (κ1) is 10.0. The number of benzene rings is 1. The second-order valence-corrected chi connectivity index (χ2v) is 4.05. The van der Waals surface area contributed by atoms with Crippen molar-refractivity contribution in [1.29, 1.82) is 0 Å². The number of allylic oxidation sites excluding steroid dienone is 4. The van der Waals surface area contributed by atoms with Crippen molar-refractivity contribution in [3.8, 4) is 0 Å². The van der Waals surface area contributed by atoms with Crippen molar-refractivity contribution in [2.45, 2.75) is 12.8 Å². The number of hydrogen-bond acceptors (Lipinski definition) is 2. The van der Waals surface area contributed by atoms with Gasteiger partial charge in [0, 0.05) is 6.21 Å². The Hall–Kier alpha value is -2.16. The molecule has 84 valence electrons. The van der Waals surface area contributed by atoms with Gasteiger partial charge in [0.2, 0.25) is 0 Å². The van der Waals surface area contributed by atoms with Gasteiger partial charge in [0.15, 0.2) is 0 Å². The summed E-state index contributed by atoms with van der Waals surface area (Å²) >= 11 is 0. The van der Waals surface area contributed by atoms with Crippen LogP contribution in [-0.2, 0) is 0 Å². The van der Waals surface area contributed by atoms with Crippen LogP contribution in [0.15, 0.2) is 53.3 Å². The number of rotatable bonds is 2. The molecule has 0 bridgehead atoms. The number of fused-ring (bicyclic) bond motifs is 1. The Morgan fingerprint density at radius 1 is 1.29 bits per heavy atom. The predicted molar refractivity (Wildman–Crippen MR) is 70.7 cm³/mol. The van der Waals surface area contributed by atoms with Crippen LogP contribution in [0.3, 0.4) is 0 Å². The van der Waals surface area contributed by atoms with Gasteiger partial charge in [-0.25, -0.2) is 4.98 Å². The van der Waals surface area contributed by atoms with Crippen LogP contribution in [0.4, 0.5) is 5.69 Å². The highest BCUT2D eigenvalue weighted by Gasteiger charge is 1.97. The molecule has 1 aromatic carbocycles. The summed E-state index contributed by atoms with van der Waals surface area (Å²) in [6.07, 6.45) is 12.4. The molecule has 0 saturated heterocycles. The van der Waals surface area contributed by atoms with E-state index < -0.39 is 0 Å². The zero-order chi connectivity index (χ0) is 11.5. The van der Waals surface area contributed by atoms with Crippen LogP contribution in [0.25, 0.3) is 11.0 Å². The van der Waals surface area contributed by atoms with E-state index in [-0.39, 0.29) is 0 Å². The van der Waals surface area contributed by atoms with E-state index in [2.05, 4.69) is 33.2 Å². The first-order chi connectivity index (χ1) is 8.42. The third kappa shape index (κ3) is 2.18. The summed E-state index contributed by atoms with van der Waals surface area (Å²) in [5.74, 6) is 0. The third-order valence-corrected chi connectivity index (χ3v) is 2.79. The summed E-state index contributed by atoms with van der Waals surface area (Å²) < 4.78 is 0. The summed E-state index contributed by atoms with van der Waals surface area (Å²) in [6, 6.07) is 5.96. The minimum Gasteiger partial charge on any atom is -0.345 e. The molecule has 0 spiro atoms. The Morgan fingerprint density at radius 3 is 3.18 bits per heavy atom. The monoisotopic (exact) mass is 223 g/mol. The Balaban J connectivity index is 1.86. The molecule has 17 heavy (non-hydrogen) atoms. The second kappa shape index (κ2) is 4.37. The van der Waals surface area contributed by atoms with Gasteiger partial charge in [0.05, 0.1) is 23.0 Å². The summed E-state index contributed by atoms with van der Waals surface area (Å²) in [4.78, 5) is 11.7. The summed E-state index contributed by atoms with van der Waals surface area (Å²) in [7, 11) is 0. The first-order valence-electron chi connectivity index (χ1n) is 5.76. The van der Waals surface area contributed by atoms with E-state index in [1.807, 2.05) is 24.4 Å². The van der Waals surface area contributed by atoms with Gasteiger partial charge in [-0.15, -0.1) is 0 Å². The van der Waals surface area contributed by atoms with E-state index in [9.17, 15) is 0 Å². The molecule has 0 amide bonds. The minimum atomic E-state index is 0.946. The summed E-state index contributed by atoms with van der Waals surface area (Å²) in [5.41, 5.74) is 4.12. The van der Waals surface area contributed by atoms with E-state index in [0.29, 0.717) is 0 Å². The van der Waals surface area contributed by atoms with Crippen LogP contribution in [0.1, 0.15) is 12.8 Å². The van der Waals surface area contributed by atoms with Crippen LogP contribution in [0, 0.1) is 0 Å². The highest BCUT2D eigenvalue weighted by Crippen LogP contribution is 2.18. The molecular weight excluding hydrogens is 210 g/mol. The smallest absolute Gasteiger partial charge is 0.0931 e. The predicted octanol–water partition coefficient (Wildman–Crippen LogP) is 3.54. The highest BCUT2D eigenvalue weighted by atomic mass is 14.9. The number of H-pyrrole nitrogens is 1. The molecule has 0 saturated carbocycles. The minimum absolute atomic E-state index is 0.946. The van der Waals surface area contributed by atoms with E-state index >= 15 is 0 Å². The van der Waals surface area contributed by atoms with E-state index in [1.165, 1.54) is 5.57 Å². The Morgan fingerprint density at radius 2 is 2.29 bits per heavy atom. The molecule has 1 N–H and O–H groups in total. The summed E-state index contributed by atoms with van der Waals surface area (Å²) in [6.45, 7) is 0. The maximum absolute atomic E-state index is 4.47. The van der Waals surface area contributed by atoms with Crippen molar-refractivity contribution in [3.05, 3.63) is 48.3 Å². The number of aromatic nitrogens is 2. The van der Waals surface area contributed by atoms with E-state index in [1.54, 1.807) is 6.33 Å². The third-order valence-electron chi connectivity index (χ3n) is 2.79. The first-order valence-corrected chi connectivity index (χ1v) is 5.76. The van der Waals surface area contributed by atoms with Gasteiger partial charge < -0.3 is 4.98 Å². The van der Waals surface area contributed by atoms with Crippen LogP contribution in [0.5, 0.6) is 0 Å². The fraction of sp³-hybridized carbons (Fsp3) is 0.143. The van der Waals surface area contributed by atoms with Crippen molar-refractivity contribution in [2.24, 2.45) is 4.99 Å². The van der Waals surface area contributed by atoms with Gasteiger partial charge in [0.1, 0.15) is 0 Å². The lowest BCUT2D eigenvalue weighted by Gasteiger charge is -2.00. The molecule has 1 aliphatic rings. The molecule has 0 atom stereocenters. The quantitative estimate of drug-likeness (QED) is 0.777. The van der Waals surface area contributed by atoms with Gasteiger partial charge in [-0.1, -0.05) is 18.2 Å². The van der Waals surface area contributed by atoms with Gasteiger partial charge in [-0.3, -0.25) is 4.99 Å². The topological polar surface area (TPSA) is 41.0 Å². The number of aliphatic imine (C=N–C) groups is 1. The Bertz CT molecular complexity index is 617. The van der Waals surface area contributed by atoms with Gasteiger partial charge in [-0.2, -0.15) is 0 Å². The van der Waals surface area contributed by atoms with Gasteiger partial charge in [-0.05, 0) is 36.6 Å². The van der Waals surface area contributed by atoms with Crippen molar-refractivity contribution in [3.63, 3.8) is 0 Å². The number of hydrogen-bond donors (Lipinski definition) is 1. The average Bonchev–Trinajstić information content (AvgIpc) is 2.85. The molecule has 1 aromatic heterocycles. The van der Waals surface area contributed by atoms with Crippen molar-refractivity contribution < 1.29 is 0 Å². The molecule has 2 aromatic rings. The lowest BCUT2D eigenvalue weighted by atomic mass is 10.1. The molecular formula is C14H13N3. The average molecular weight is 223 g/mol.